The number of nitrogens with two attached hydrogens (primary N) is 1. The van der Waals surface area contributed by atoms with E-state index >= 15 is 0 Å². The number of halogens is 1. The van der Waals surface area contributed by atoms with E-state index in [9.17, 15) is 9.18 Å². The van der Waals surface area contributed by atoms with Crippen LogP contribution in [0.2, 0.25) is 0 Å². The van der Waals surface area contributed by atoms with Crippen LogP contribution >= 0.6 is 0 Å². The molecule has 0 bridgehead atoms. The number of rotatable bonds is 3. The maximum absolute atomic E-state index is 13.6. The summed E-state index contributed by atoms with van der Waals surface area (Å²) in [5.74, 6) is -0.488. The van der Waals surface area contributed by atoms with E-state index in [2.05, 4.69) is 5.32 Å². The molecule has 1 fully saturated rings. The summed E-state index contributed by atoms with van der Waals surface area (Å²) in [6.07, 6.45) is 0. The summed E-state index contributed by atoms with van der Waals surface area (Å²) in [5.41, 5.74) is 6.92. The lowest BCUT2D eigenvalue weighted by Crippen LogP contribution is -2.53. The smallest absolute Gasteiger partial charge is 0.244 e. The van der Waals surface area contributed by atoms with E-state index in [4.69, 9.17) is 10.5 Å². The van der Waals surface area contributed by atoms with Crippen LogP contribution in [0.5, 0.6) is 0 Å². The number of benzene rings is 1. The van der Waals surface area contributed by atoms with Crippen LogP contribution in [0, 0.1) is 5.82 Å². The Kier molecular flexibility index (Phi) is 4.34. The minimum absolute atomic E-state index is 0.141. The quantitative estimate of drug-likeness (QED) is 0.823. The summed E-state index contributed by atoms with van der Waals surface area (Å²) in [6, 6.07) is 4.19. The molecule has 0 aromatic heterocycles. The Balaban J connectivity index is 2.31. The number of hydrogen-bond acceptors (Lipinski definition) is 4. The van der Waals surface area contributed by atoms with Crippen LogP contribution in [0.25, 0.3) is 0 Å². The van der Waals surface area contributed by atoms with Gasteiger partial charge in [-0.3, -0.25) is 4.79 Å². The molecule has 1 saturated heterocycles. The lowest BCUT2D eigenvalue weighted by molar-refractivity contribution is -0.124. The molecule has 1 aliphatic heterocycles. The van der Waals surface area contributed by atoms with Gasteiger partial charge in [0, 0.05) is 25.8 Å². The van der Waals surface area contributed by atoms with Crippen molar-refractivity contribution in [2.24, 2.45) is 5.73 Å². The minimum atomic E-state index is -0.439. The van der Waals surface area contributed by atoms with Gasteiger partial charge in [-0.15, -0.1) is 0 Å². The van der Waals surface area contributed by atoms with Crippen molar-refractivity contribution < 1.29 is 13.9 Å². The molecule has 1 amide bonds. The van der Waals surface area contributed by atoms with E-state index in [0.29, 0.717) is 31.0 Å². The summed E-state index contributed by atoms with van der Waals surface area (Å²) in [7, 11) is 1.58. The number of carbonyl (C=O) groups excluding carboxylic acids is 1. The highest BCUT2D eigenvalue weighted by molar-refractivity contribution is 5.85. The van der Waals surface area contributed by atoms with Gasteiger partial charge in [0.05, 0.1) is 13.2 Å². The summed E-state index contributed by atoms with van der Waals surface area (Å²) in [6.45, 7) is 1.63. The molecule has 2 rings (SSSR count). The Labute approximate surface area is 111 Å². The van der Waals surface area contributed by atoms with Crippen LogP contribution in [0.15, 0.2) is 18.2 Å². The average Bonchev–Trinajstić information content (AvgIpc) is 2.45. The first-order chi connectivity index (χ1) is 9.15. The Morgan fingerprint density at radius 2 is 2.37 bits per heavy atom. The van der Waals surface area contributed by atoms with Gasteiger partial charge in [0.15, 0.2) is 0 Å². The van der Waals surface area contributed by atoms with Gasteiger partial charge in [-0.1, -0.05) is 0 Å². The van der Waals surface area contributed by atoms with Crippen LogP contribution in [-0.4, -0.2) is 38.8 Å². The average molecular weight is 267 g/mol. The number of nitrogens with zero attached hydrogens (tertiary/aromatic N) is 1. The molecular weight excluding hydrogens is 249 g/mol. The van der Waals surface area contributed by atoms with E-state index < -0.39 is 6.04 Å². The highest BCUT2D eigenvalue weighted by Gasteiger charge is 2.29. The standard InChI is InChI=1S/C13H18FN3O2/c1-16-13(18)12-8-19-3-2-17(12)11-5-9(7-15)4-10(14)6-11/h4-6,12H,2-3,7-8,15H2,1H3,(H,16,18). The van der Waals surface area contributed by atoms with Gasteiger partial charge in [-0.2, -0.15) is 0 Å². The third-order valence-corrected chi connectivity index (χ3v) is 3.19. The van der Waals surface area contributed by atoms with Gasteiger partial charge >= 0.3 is 0 Å². The topological polar surface area (TPSA) is 67.6 Å². The first-order valence-corrected chi connectivity index (χ1v) is 6.21. The number of ether oxygens (including phenoxy) is 1. The third-order valence-electron chi connectivity index (χ3n) is 3.19. The van der Waals surface area contributed by atoms with Crippen molar-refractivity contribution in [3.63, 3.8) is 0 Å². The van der Waals surface area contributed by atoms with Gasteiger partial charge in [0.25, 0.3) is 0 Å². The molecule has 5 nitrogen and oxygen atoms in total. The molecule has 0 radical (unpaired) electrons. The fourth-order valence-corrected chi connectivity index (χ4v) is 2.21. The molecule has 1 unspecified atom stereocenters. The maximum atomic E-state index is 13.6. The predicted molar refractivity (Wildman–Crippen MR) is 70.3 cm³/mol. The van der Waals surface area contributed by atoms with Gasteiger partial charge < -0.3 is 20.7 Å². The molecule has 1 aromatic rings. The fourth-order valence-electron chi connectivity index (χ4n) is 2.21. The molecule has 6 heteroatoms. The Hall–Kier alpha value is -1.66. The molecule has 3 N–H and O–H groups in total. The number of hydrogen-bond donors (Lipinski definition) is 2. The molecule has 0 aliphatic carbocycles. The summed E-state index contributed by atoms with van der Waals surface area (Å²) in [5, 5.41) is 2.60. The lowest BCUT2D eigenvalue weighted by atomic mass is 10.1. The molecule has 1 atom stereocenters. The van der Waals surface area contributed by atoms with E-state index in [-0.39, 0.29) is 18.3 Å². The lowest BCUT2D eigenvalue weighted by Gasteiger charge is -2.36. The molecule has 0 spiro atoms. The zero-order valence-corrected chi connectivity index (χ0v) is 10.9. The third kappa shape index (κ3) is 3.02. The van der Waals surface area contributed by atoms with Gasteiger partial charge in [-0.05, 0) is 23.8 Å². The van der Waals surface area contributed by atoms with E-state index in [1.807, 2.05) is 11.0 Å². The van der Waals surface area contributed by atoms with E-state index in [0.717, 1.165) is 0 Å². The Morgan fingerprint density at radius 1 is 1.58 bits per heavy atom. The molecule has 1 aliphatic rings. The molecule has 104 valence electrons. The van der Waals surface area contributed by atoms with Crippen molar-refractivity contribution in [2.75, 3.05) is 31.7 Å². The maximum Gasteiger partial charge on any atom is 0.244 e. The monoisotopic (exact) mass is 267 g/mol. The van der Waals surface area contributed by atoms with Gasteiger partial charge in [0.1, 0.15) is 11.9 Å². The van der Waals surface area contributed by atoms with Crippen molar-refractivity contribution in [1.29, 1.82) is 0 Å². The molecule has 1 aromatic carbocycles. The number of anilines is 1. The predicted octanol–water partition coefficient (Wildman–Crippen LogP) is 0.236. The summed E-state index contributed by atoms with van der Waals surface area (Å²) >= 11 is 0. The highest BCUT2D eigenvalue weighted by atomic mass is 19.1. The second-order valence-corrected chi connectivity index (χ2v) is 4.42. The number of likely N-dealkylation sites (N-methyl/N-ethyl adjacent to an activating group) is 1. The van der Waals surface area contributed by atoms with Crippen molar-refractivity contribution in [1.82, 2.24) is 5.32 Å². The van der Waals surface area contributed by atoms with Crippen LogP contribution in [0.1, 0.15) is 5.56 Å². The Morgan fingerprint density at radius 3 is 3.05 bits per heavy atom. The number of carbonyl (C=O) groups is 1. The normalized spacial score (nSPS) is 19.3. The second kappa shape index (κ2) is 5.99. The fraction of sp³-hybridized carbons (Fsp3) is 0.462. The van der Waals surface area contributed by atoms with Crippen molar-refractivity contribution >= 4 is 11.6 Å². The van der Waals surface area contributed by atoms with E-state index in [1.54, 1.807) is 7.05 Å². The second-order valence-electron chi connectivity index (χ2n) is 4.42. The van der Waals surface area contributed by atoms with Crippen LogP contribution < -0.4 is 16.0 Å². The molecule has 1 heterocycles. The zero-order chi connectivity index (χ0) is 13.8. The molecule has 0 saturated carbocycles. The largest absolute Gasteiger partial charge is 0.377 e. The number of amides is 1. The van der Waals surface area contributed by atoms with E-state index in [1.165, 1.54) is 12.1 Å². The van der Waals surface area contributed by atoms with Crippen molar-refractivity contribution in [3.8, 4) is 0 Å². The highest BCUT2D eigenvalue weighted by Crippen LogP contribution is 2.22. The van der Waals surface area contributed by atoms with Crippen LogP contribution in [0.3, 0.4) is 0 Å². The first-order valence-electron chi connectivity index (χ1n) is 6.21. The molecule has 19 heavy (non-hydrogen) atoms. The minimum Gasteiger partial charge on any atom is -0.377 e. The van der Waals surface area contributed by atoms with Gasteiger partial charge in [0.2, 0.25) is 5.91 Å². The SMILES string of the molecule is CNC(=O)C1COCCN1c1cc(F)cc(CN)c1. The van der Waals surface area contributed by atoms with Crippen LogP contribution in [-0.2, 0) is 16.1 Å². The Bertz CT molecular complexity index is 467. The number of morpholine rings is 1. The molecular formula is C13H18FN3O2. The van der Waals surface area contributed by atoms with Crippen molar-refractivity contribution in [3.05, 3.63) is 29.6 Å². The van der Waals surface area contributed by atoms with Crippen molar-refractivity contribution in [2.45, 2.75) is 12.6 Å². The first kappa shape index (κ1) is 13.8. The van der Waals surface area contributed by atoms with Gasteiger partial charge in [-0.25, -0.2) is 4.39 Å². The summed E-state index contributed by atoms with van der Waals surface area (Å²) < 4.78 is 18.9. The summed E-state index contributed by atoms with van der Waals surface area (Å²) in [4.78, 5) is 13.7. The zero-order valence-electron chi connectivity index (χ0n) is 10.9. The number of nitrogens with one attached hydrogen (secondary N) is 1. The van der Waals surface area contributed by atoms with Crippen LogP contribution in [0.4, 0.5) is 10.1 Å².